The molecule has 1 aromatic carbocycles. The molecule has 1 amide bonds. The van der Waals surface area contributed by atoms with Crippen LogP contribution in [0.2, 0.25) is 0 Å². The van der Waals surface area contributed by atoms with Crippen LogP contribution in [0.3, 0.4) is 0 Å². The van der Waals surface area contributed by atoms with E-state index in [1.807, 2.05) is 6.92 Å². The van der Waals surface area contributed by atoms with Crippen molar-refractivity contribution < 1.29 is 9.18 Å². The lowest BCUT2D eigenvalue weighted by Crippen LogP contribution is -2.36. The summed E-state index contributed by atoms with van der Waals surface area (Å²) in [5.41, 5.74) is 1.20. The zero-order valence-corrected chi connectivity index (χ0v) is 12.6. The highest BCUT2D eigenvalue weighted by Gasteiger charge is 2.28. The molecule has 1 N–H and O–H groups in total. The minimum Gasteiger partial charge on any atom is -0.352 e. The first-order valence-corrected chi connectivity index (χ1v) is 7.36. The zero-order valence-electron chi connectivity index (χ0n) is 12.6. The van der Waals surface area contributed by atoms with Crippen LogP contribution in [0.25, 0.3) is 11.4 Å². The summed E-state index contributed by atoms with van der Waals surface area (Å²) < 4.78 is 13.3. The summed E-state index contributed by atoms with van der Waals surface area (Å²) in [4.78, 5) is 13.2. The monoisotopic (exact) mass is 303 g/mol. The largest absolute Gasteiger partial charge is 0.352 e. The van der Waals surface area contributed by atoms with Crippen molar-refractivity contribution in [2.75, 3.05) is 0 Å². The van der Waals surface area contributed by atoms with E-state index in [0.29, 0.717) is 22.9 Å². The first kappa shape index (κ1) is 14.6. The predicted molar refractivity (Wildman–Crippen MR) is 78.3 cm³/mol. The molecule has 0 aliphatic heterocycles. The average molecular weight is 303 g/mol. The molecule has 1 atom stereocenters. The number of hydrogen-bond acceptors (Lipinski definition) is 4. The number of carbonyl (C=O) groups excluding carboxylic acids is 1. The fourth-order valence-corrected chi connectivity index (χ4v) is 2.35. The number of aryl methyl sites for hydroxylation is 1. The van der Waals surface area contributed by atoms with Gasteiger partial charge in [-0.25, -0.2) is 4.39 Å². The van der Waals surface area contributed by atoms with Crippen LogP contribution in [-0.4, -0.2) is 32.2 Å². The molecule has 1 aliphatic carbocycles. The lowest BCUT2D eigenvalue weighted by atomic mass is 10.1. The zero-order chi connectivity index (χ0) is 15.7. The molecule has 3 rings (SSSR count). The van der Waals surface area contributed by atoms with Gasteiger partial charge in [0.15, 0.2) is 0 Å². The molecule has 0 radical (unpaired) electrons. The Kier molecular flexibility index (Phi) is 3.87. The molecule has 6 nitrogen and oxygen atoms in total. The predicted octanol–water partition coefficient (Wildman–Crippen LogP) is 1.70. The van der Waals surface area contributed by atoms with Crippen molar-refractivity contribution in [2.45, 2.75) is 39.3 Å². The molecular weight excluding hydrogens is 285 g/mol. The van der Waals surface area contributed by atoms with E-state index in [9.17, 15) is 9.18 Å². The topological polar surface area (TPSA) is 72.7 Å². The van der Waals surface area contributed by atoms with Gasteiger partial charge in [0.25, 0.3) is 0 Å². The highest BCUT2D eigenvalue weighted by Crippen LogP contribution is 2.32. The fourth-order valence-electron chi connectivity index (χ4n) is 2.35. The van der Waals surface area contributed by atoms with E-state index in [2.05, 4.69) is 20.7 Å². The van der Waals surface area contributed by atoms with Gasteiger partial charge in [0, 0.05) is 11.6 Å². The summed E-state index contributed by atoms with van der Waals surface area (Å²) in [6.45, 7) is 3.72. The van der Waals surface area contributed by atoms with E-state index in [0.717, 1.165) is 0 Å². The molecule has 1 fully saturated rings. The van der Waals surface area contributed by atoms with Crippen LogP contribution >= 0.6 is 0 Å². The van der Waals surface area contributed by atoms with E-state index in [-0.39, 0.29) is 24.3 Å². The third kappa shape index (κ3) is 3.29. The molecular formula is C15H18FN5O. The quantitative estimate of drug-likeness (QED) is 0.912. The van der Waals surface area contributed by atoms with Gasteiger partial charge in [-0.2, -0.15) is 4.80 Å². The minimum absolute atomic E-state index is 0.0320. The molecule has 2 aromatic rings. The summed E-state index contributed by atoms with van der Waals surface area (Å²) in [5.74, 6) is 0.583. The first-order chi connectivity index (χ1) is 10.5. The number of aromatic nitrogens is 4. The molecule has 1 heterocycles. The van der Waals surface area contributed by atoms with Crippen molar-refractivity contribution >= 4 is 5.91 Å². The number of tetrazole rings is 1. The Morgan fingerprint density at radius 3 is 2.95 bits per heavy atom. The number of carbonyl (C=O) groups is 1. The number of rotatable bonds is 5. The second-order valence-electron chi connectivity index (χ2n) is 5.80. The lowest BCUT2D eigenvalue weighted by molar-refractivity contribution is -0.122. The molecule has 22 heavy (non-hydrogen) atoms. The highest BCUT2D eigenvalue weighted by atomic mass is 19.1. The van der Waals surface area contributed by atoms with Crippen molar-refractivity contribution in [1.82, 2.24) is 25.5 Å². The lowest BCUT2D eigenvalue weighted by Gasteiger charge is -2.11. The summed E-state index contributed by atoms with van der Waals surface area (Å²) in [6, 6.07) is 4.82. The number of amides is 1. The Labute approximate surface area is 127 Å². The van der Waals surface area contributed by atoms with Crippen LogP contribution in [0.15, 0.2) is 18.2 Å². The van der Waals surface area contributed by atoms with Crippen molar-refractivity contribution in [2.24, 2.45) is 5.92 Å². The third-order valence-electron chi connectivity index (χ3n) is 3.87. The van der Waals surface area contributed by atoms with E-state index < -0.39 is 0 Å². The van der Waals surface area contributed by atoms with Gasteiger partial charge in [-0.15, -0.1) is 10.2 Å². The van der Waals surface area contributed by atoms with Gasteiger partial charge in [-0.3, -0.25) is 4.79 Å². The van der Waals surface area contributed by atoms with Gasteiger partial charge >= 0.3 is 0 Å². The molecule has 1 aromatic heterocycles. The molecule has 0 unspecified atom stereocenters. The van der Waals surface area contributed by atoms with Crippen molar-refractivity contribution in [3.05, 3.63) is 29.6 Å². The van der Waals surface area contributed by atoms with Crippen LogP contribution in [0.1, 0.15) is 25.3 Å². The molecule has 0 spiro atoms. The standard InChI is InChI=1S/C15H18FN5O/c1-9-7-12(5-6-13(9)16)15-18-20-21(19-15)8-14(22)17-10(2)11-3-4-11/h5-7,10-11H,3-4,8H2,1-2H3,(H,17,22)/t10-/m1/s1. The highest BCUT2D eigenvalue weighted by molar-refractivity contribution is 5.75. The molecule has 116 valence electrons. The van der Waals surface area contributed by atoms with Gasteiger partial charge in [0.1, 0.15) is 12.4 Å². The molecule has 0 bridgehead atoms. The van der Waals surface area contributed by atoms with Gasteiger partial charge in [-0.1, -0.05) is 0 Å². The van der Waals surface area contributed by atoms with Gasteiger partial charge in [0.05, 0.1) is 0 Å². The summed E-state index contributed by atoms with van der Waals surface area (Å²) in [7, 11) is 0. The van der Waals surface area contributed by atoms with Gasteiger partial charge in [-0.05, 0) is 61.6 Å². The van der Waals surface area contributed by atoms with Gasteiger partial charge < -0.3 is 5.32 Å². The van der Waals surface area contributed by atoms with Crippen molar-refractivity contribution in [1.29, 1.82) is 0 Å². The van der Waals surface area contributed by atoms with Crippen LogP contribution in [-0.2, 0) is 11.3 Å². The molecule has 7 heteroatoms. The maximum absolute atomic E-state index is 13.3. The number of benzene rings is 1. The normalized spacial score (nSPS) is 15.6. The van der Waals surface area contributed by atoms with E-state index in [1.165, 1.54) is 23.7 Å². The fraction of sp³-hybridized carbons (Fsp3) is 0.467. The number of nitrogens with one attached hydrogen (secondary N) is 1. The second-order valence-corrected chi connectivity index (χ2v) is 5.80. The van der Waals surface area contributed by atoms with Crippen LogP contribution < -0.4 is 5.32 Å². The number of nitrogens with zero attached hydrogens (tertiary/aromatic N) is 4. The van der Waals surface area contributed by atoms with Crippen LogP contribution in [0, 0.1) is 18.7 Å². The smallest absolute Gasteiger partial charge is 0.243 e. The van der Waals surface area contributed by atoms with E-state index >= 15 is 0 Å². The Hall–Kier alpha value is -2.31. The van der Waals surface area contributed by atoms with Crippen molar-refractivity contribution in [3.8, 4) is 11.4 Å². The molecule has 0 saturated heterocycles. The Bertz CT molecular complexity index is 695. The summed E-state index contributed by atoms with van der Waals surface area (Å²) in [6.07, 6.45) is 2.36. The summed E-state index contributed by atoms with van der Waals surface area (Å²) >= 11 is 0. The van der Waals surface area contributed by atoms with Crippen LogP contribution in [0.4, 0.5) is 4.39 Å². The first-order valence-electron chi connectivity index (χ1n) is 7.36. The Balaban J connectivity index is 1.65. The molecule has 1 aliphatic rings. The third-order valence-corrected chi connectivity index (χ3v) is 3.87. The maximum Gasteiger partial charge on any atom is 0.243 e. The Morgan fingerprint density at radius 2 is 2.27 bits per heavy atom. The number of hydrogen-bond donors (Lipinski definition) is 1. The van der Waals surface area contributed by atoms with E-state index in [1.54, 1.807) is 19.1 Å². The minimum atomic E-state index is -0.274. The second kappa shape index (κ2) is 5.82. The SMILES string of the molecule is Cc1cc(-c2nnn(CC(=O)N[C@H](C)C3CC3)n2)ccc1F. The summed E-state index contributed by atoms with van der Waals surface area (Å²) in [5, 5.41) is 14.9. The Morgan fingerprint density at radius 1 is 1.50 bits per heavy atom. The van der Waals surface area contributed by atoms with Crippen LogP contribution in [0.5, 0.6) is 0 Å². The van der Waals surface area contributed by atoms with Crippen molar-refractivity contribution in [3.63, 3.8) is 0 Å². The van der Waals surface area contributed by atoms with Gasteiger partial charge in [0.2, 0.25) is 11.7 Å². The maximum atomic E-state index is 13.3. The molecule has 1 saturated carbocycles. The average Bonchev–Trinajstić information content (AvgIpc) is 3.23. The number of halogens is 1. The van der Waals surface area contributed by atoms with E-state index in [4.69, 9.17) is 0 Å².